The van der Waals surface area contributed by atoms with Crippen LogP contribution in [-0.2, 0) is 6.42 Å². The molecular weight excluding hydrogens is 409 g/mol. The Morgan fingerprint density at radius 3 is 2.44 bits per heavy atom. The van der Waals surface area contributed by atoms with E-state index in [2.05, 4.69) is 0 Å². The summed E-state index contributed by atoms with van der Waals surface area (Å²) in [6.07, 6.45) is 0.695. The third-order valence-electron chi connectivity index (χ3n) is 5.75. The minimum Gasteiger partial charge on any atom is -0.493 e. The van der Waals surface area contributed by atoms with E-state index in [1.165, 1.54) is 12.1 Å². The van der Waals surface area contributed by atoms with E-state index in [9.17, 15) is 9.18 Å². The van der Waals surface area contributed by atoms with Gasteiger partial charge in [-0.2, -0.15) is 0 Å². The summed E-state index contributed by atoms with van der Waals surface area (Å²) in [5.74, 6) is 1.42. The second-order valence-electron chi connectivity index (χ2n) is 7.80. The summed E-state index contributed by atoms with van der Waals surface area (Å²) in [6.45, 7) is 2.74. The van der Waals surface area contributed by atoms with Crippen molar-refractivity contribution in [1.29, 1.82) is 0 Å². The first-order valence-corrected chi connectivity index (χ1v) is 10.5. The van der Waals surface area contributed by atoms with Crippen molar-refractivity contribution in [2.75, 3.05) is 27.4 Å². The molecule has 0 aliphatic carbocycles. The second kappa shape index (κ2) is 9.30. The molecule has 1 atom stereocenters. The van der Waals surface area contributed by atoms with Crippen LogP contribution in [0.25, 0.3) is 0 Å². The van der Waals surface area contributed by atoms with Gasteiger partial charge in [0.1, 0.15) is 18.2 Å². The van der Waals surface area contributed by atoms with E-state index >= 15 is 0 Å². The van der Waals surface area contributed by atoms with Crippen molar-refractivity contribution >= 4 is 5.91 Å². The summed E-state index contributed by atoms with van der Waals surface area (Å²) in [5.41, 5.74) is 3.71. The molecule has 0 radical (unpaired) electrons. The highest BCUT2D eigenvalue weighted by Crippen LogP contribution is 2.39. The first-order chi connectivity index (χ1) is 15.5. The molecule has 0 bridgehead atoms. The number of methoxy groups -OCH3 is 2. The van der Waals surface area contributed by atoms with Crippen molar-refractivity contribution in [1.82, 2.24) is 4.90 Å². The van der Waals surface area contributed by atoms with Crippen LogP contribution in [0.1, 0.15) is 33.1 Å². The zero-order valence-electron chi connectivity index (χ0n) is 18.4. The number of amides is 1. The fraction of sp³-hybridized carbons (Fsp3) is 0.269. The Bertz CT molecular complexity index is 1110. The fourth-order valence-corrected chi connectivity index (χ4v) is 4.10. The number of hydrogen-bond donors (Lipinski definition) is 0. The van der Waals surface area contributed by atoms with Gasteiger partial charge < -0.3 is 19.1 Å². The molecule has 5 nitrogen and oxygen atoms in total. The number of fused-ring (bicyclic) bond motifs is 1. The van der Waals surface area contributed by atoms with Crippen molar-refractivity contribution in [3.63, 3.8) is 0 Å². The third kappa shape index (κ3) is 4.40. The van der Waals surface area contributed by atoms with Crippen molar-refractivity contribution in [2.45, 2.75) is 19.4 Å². The van der Waals surface area contributed by atoms with E-state index in [0.717, 1.165) is 16.7 Å². The Morgan fingerprint density at radius 2 is 1.75 bits per heavy atom. The van der Waals surface area contributed by atoms with Gasteiger partial charge in [-0.1, -0.05) is 17.7 Å². The molecule has 1 aliphatic heterocycles. The highest BCUT2D eigenvalue weighted by atomic mass is 19.1. The zero-order valence-corrected chi connectivity index (χ0v) is 18.4. The highest BCUT2D eigenvalue weighted by molar-refractivity contribution is 5.95. The predicted octanol–water partition coefficient (Wildman–Crippen LogP) is 4.97. The Hall–Kier alpha value is -3.54. The van der Waals surface area contributed by atoms with Crippen LogP contribution >= 0.6 is 0 Å². The zero-order chi connectivity index (χ0) is 22.7. The van der Waals surface area contributed by atoms with Gasteiger partial charge in [0.15, 0.2) is 11.5 Å². The van der Waals surface area contributed by atoms with E-state index in [4.69, 9.17) is 14.2 Å². The average Bonchev–Trinajstić information content (AvgIpc) is 2.82. The number of carbonyl (C=O) groups excluding carboxylic acids is 1. The van der Waals surface area contributed by atoms with Gasteiger partial charge in [0.2, 0.25) is 0 Å². The second-order valence-corrected chi connectivity index (χ2v) is 7.80. The quantitative estimate of drug-likeness (QED) is 0.549. The molecule has 3 aromatic rings. The van der Waals surface area contributed by atoms with E-state index in [1.807, 2.05) is 48.2 Å². The maximum absolute atomic E-state index is 13.5. The van der Waals surface area contributed by atoms with Crippen LogP contribution in [-0.4, -0.2) is 38.2 Å². The Morgan fingerprint density at radius 1 is 1.03 bits per heavy atom. The molecule has 0 N–H and O–H groups in total. The standard InChI is InChI=1S/C26H26FNO4/c1-17-5-4-6-19(13-17)26(29)28-12-11-18-14-24(30-2)25(31-3)15-22(18)23(28)16-32-21-9-7-20(27)8-10-21/h4-10,13-15,23H,11-12,16H2,1-3H3. The lowest BCUT2D eigenvalue weighted by molar-refractivity contribution is 0.0589. The number of halogens is 1. The SMILES string of the molecule is COc1cc2c(cc1OC)C(COc1ccc(F)cc1)N(C(=O)c1cccc(C)c1)CC2. The minimum absolute atomic E-state index is 0.0539. The molecule has 4 rings (SSSR count). The average molecular weight is 435 g/mol. The van der Waals surface area contributed by atoms with Crippen LogP contribution in [0.2, 0.25) is 0 Å². The Balaban J connectivity index is 1.70. The van der Waals surface area contributed by atoms with Crippen LogP contribution in [0.5, 0.6) is 17.2 Å². The van der Waals surface area contributed by atoms with E-state index in [-0.39, 0.29) is 24.4 Å². The van der Waals surface area contributed by atoms with Gasteiger partial charge >= 0.3 is 0 Å². The van der Waals surface area contributed by atoms with Gasteiger partial charge in [0, 0.05) is 12.1 Å². The van der Waals surface area contributed by atoms with Crippen molar-refractivity contribution < 1.29 is 23.4 Å². The summed E-state index contributed by atoms with van der Waals surface area (Å²) < 4.78 is 30.3. The van der Waals surface area contributed by atoms with Crippen molar-refractivity contribution in [2.24, 2.45) is 0 Å². The summed E-state index contributed by atoms with van der Waals surface area (Å²) in [5, 5.41) is 0. The van der Waals surface area contributed by atoms with Crippen molar-refractivity contribution in [3.8, 4) is 17.2 Å². The van der Waals surface area contributed by atoms with Gasteiger partial charge in [-0.05, 0) is 73.0 Å². The number of carbonyl (C=O) groups is 1. The van der Waals surface area contributed by atoms with Crippen molar-refractivity contribution in [3.05, 3.63) is 88.7 Å². The maximum atomic E-state index is 13.5. The number of ether oxygens (including phenoxy) is 3. The van der Waals surface area contributed by atoms with E-state index in [1.54, 1.807) is 26.4 Å². The number of benzene rings is 3. The van der Waals surface area contributed by atoms with E-state index in [0.29, 0.717) is 35.8 Å². The number of rotatable bonds is 6. The molecule has 3 aromatic carbocycles. The summed E-state index contributed by atoms with van der Waals surface area (Å²) >= 11 is 0. The van der Waals surface area contributed by atoms with Crippen LogP contribution < -0.4 is 14.2 Å². The molecule has 0 spiro atoms. The first-order valence-electron chi connectivity index (χ1n) is 10.5. The molecule has 1 aliphatic rings. The van der Waals surface area contributed by atoms with Crippen LogP contribution in [0.15, 0.2) is 60.7 Å². The summed E-state index contributed by atoms with van der Waals surface area (Å²) in [4.78, 5) is 15.3. The number of nitrogens with zero attached hydrogens (tertiary/aromatic N) is 1. The Labute approximate surface area is 187 Å². The van der Waals surface area contributed by atoms with Crippen LogP contribution in [0.3, 0.4) is 0 Å². The lowest BCUT2D eigenvalue weighted by atomic mass is 9.91. The molecule has 1 amide bonds. The van der Waals surface area contributed by atoms with Gasteiger partial charge in [0.25, 0.3) is 5.91 Å². The fourth-order valence-electron chi connectivity index (χ4n) is 4.10. The molecule has 32 heavy (non-hydrogen) atoms. The summed E-state index contributed by atoms with van der Waals surface area (Å²) in [6, 6.07) is 17.0. The third-order valence-corrected chi connectivity index (χ3v) is 5.75. The first kappa shape index (κ1) is 21.7. The van der Waals surface area contributed by atoms with Crippen LogP contribution in [0, 0.1) is 12.7 Å². The highest BCUT2D eigenvalue weighted by Gasteiger charge is 2.33. The molecule has 0 aromatic heterocycles. The van der Waals surface area contributed by atoms with Gasteiger partial charge in [-0.15, -0.1) is 0 Å². The minimum atomic E-state index is -0.336. The predicted molar refractivity (Wildman–Crippen MR) is 120 cm³/mol. The topological polar surface area (TPSA) is 48.0 Å². The smallest absolute Gasteiger partial charge is 0.254 e. The van der Waals surface area contributed by atoms with E-state index < -0.39 is 0 Å². The lowest BCUT2D eigenvalue weighted by Crippen LogP contribution is -2.42. The Kier molecular flexibility index (Phi) is 6.30. The van der Waals surface area contributed by atoms with Gasteiger partial charge in [0.05, 0.1) is 20.3 Å². The molecule has 0 fully saturated rings. The molecule has 0 saturated heterocycles. The number of aryl methyl sites for hydroxylation is 1. The maximum Gasteiger partial charge on any atom is 0.254 e. The molecule has 1 unspecified atom stereocenters. The monoisotopic (exact) mass is 435 g/mol. The molecular formula is C26H26FNO4. The number of hydrogen-bond acceptors (Lipinski definition) is 4. The van der Waals surface area contributed by atoms with Gasteiger partial charge in [-0.25, -0.2) is 4.39 Å². The normalized spacial score (nSPS) is 15.1. The van der Waals surface area contributed by atoms with Crippen LogP contribution in [0.4, 0.5) is 4.39 Å². The lowest BCUT2D eigenvalue weighted by Gasteiger charge is -2.37. The van der Waals surface area contributed by atoms with Gasteiger partial charge in [-0.3, -0.25) is 4.79 Å². The molecule has 0 saturated carbocycles. The molecule has 166 valence electrons. The molecule has 6 heteroatoms. The summed E-state index contributed by atoms with van der Waals surface area (Å²) in [7, 11) is 3.20. The molecule has 1 heterocycles. The largest absolute Gasteiger partial charge is 0.493 e.